The minimum atomic E-state index is -1.88. The Labute approximate surface area is 226 Å². The second kappa shape index (κ2) is 9.04. The molecule has 2 bridgehead atoms. The minimum absolute atomic E-state index is 0.175. The molecule has 1 aromatic carbocycles. The van der Waals surface area contributed by atoms with Crippen LogP contribution in [0.5, 0.6) is 0 Å². The van der Waals surface area contributed by atoms with Crippen LogP contribution < -0.4 is 0 Å². The summed E-state index contributed by atoms with van der Waals surface area (Å²) in [5.41, 5.74) is -3.15. The first kappa shape index (κ1) is 26.6. The van der Waals surface area contributed by atoms with Crippen molar-refractivity contribution < 1.29 is 38.2 Å². The van der Waals surface area contributed by atoms with Gasteiger partial charge in [-0.25, -0.2) is 4.79 Å². The number of fused-ring (bicyclic) bond motifs is 2. The van der Waals surface area contributed by atoms with Crippen molar-refractivity contribution in [2.24, 2.45) is 34.0 Å². The fourth-order valence-electron chi connectivity index (χ4n) is 7.88. The lowest BCUT2D eigenvalue weighted by molar-refractivity contribution is -0.250. The molecule has 3 aliphatic carbocycles. The van der Waals surface area contributed by atoms with Gasteiger partial charge in [0.1, 0.15) is 25.1 Å². The maximum absolute atomic E-state index is 14.0. The maximum Gasteiger partial charge on any atom is 0.338 e. The Kier molecular flexibility index (Phi) is 6.33. The number of esters is 3. The molecule has 8 nitrogen and oxygen atoms in total. The molecule has 4 aliphatic rings. The molecule has 0 radical (unpaired) electrons. The van der Waals surface area contributed by atoms with Crippen molar-refractivity contribution in [3.8, 4) is 0 Å². The van der Waals surface area contributed by atoms with E-state index in [4.69, 9.17) is 25.8 Å². The summed E-state index contributed by atoms with van der Waals surface area (Å²) in [5, 5.41) is 0.440. The summed E-state index contributed by atoms with van der Waals surface area (Å²) in [6, 6.07) is 6.10. The average molecular weight is 543 g/mol. The first-order valence-electron chi connectivity index (χ1n) is 12.9. The van der Waals surface area contributed by atoms with Crippen LogP contribution in [0, 0.1) is 34.0 Å². The number of cyclic esters (lactones) is 1. The largest absolute Gasteiger partial charge is 0.464 e. The lowest BCUT2D eigenvalue weighted by atomic mass is 9.43. The zero-order valence-electron chi connectivity index (χ0n) is 21.7. The second-order valence-electron chi connectivity index (χ2n) is 11.7. The van der Waals surface area contributed by atoms with Gasteiger partial charge in [0.05, 0.1) is 11.0 Å². The van der Waals surface area contributed by atoms with E-state index < -0.39 is 69.9 Å². The van der Waals surface area contributed by atoms with Gasteiger partial charge in [-0.2, -0.15) is 0 Å². The molecular weight excluding hydrogens is 512 g/mol. The number of benzene rings is 1. The number of hydrogen-bond acceptors (Lipinski definition) is 8. The third-order valence-electron chi connectivity index (χ3n) is 9.51. The topological polar surface area (TPSA) is 113 Å². The van der Waals surface area contributed by atoms with Gasteiger partial charge in [-0.3, -0.25) is 14.4 Å². The molecule has 4 fully saturated rings. The zero-order chi connectivity index (χ0) is 27.6. The van der Waals surface area contributed by atoms with E-state index in [-0.39, 0.29) is 17.7 Å². The highest BCUT2D eigenvalue weighted by Crippen LogP contribution is 2.68. The Balaban J connectivity index is 1.66. The zero-order valence-corrected chi connectivity index (χ0v) is 22.4. The lowest BCUT2D eigenvalue weighted by Gasteiger charge is -2.62. The summed E-state index contributed by atoms with van der Waals surface area (Å²) >= 11 is 5.96. The predicted octanol–water partition coefficient (Wildman–Crippen LogP) is 4.13. The van der Waals surface area contributed by atoms with Crippen LogP contribution in [0.25, 0.3) is 0 Å². The third-order valence-corrected chi connectivity index (χ3v) is 9.77. The molecule has 0 unspecified atom stereocenters. The predicted molar refractivity (Wildman–Crippen MR) is 135 cm³/mol. The summed E-state index contributed by atoms with van der Waals surface area (Å²) in [6.07, 6.45) is 0.767. The SMILES string of the molecule is C=C1C(=O)[C@@]23C(=O)OC[C@]4([C@@H](OC(C)=O)CCC(C)(C)[C@H]4C=O)[C@@H]2CC[C@@H]1[C@H]3OC(=O)c1ccc(Cl)cc1. The van der Waals surface area contributed by atoms with E-state index in [1.165, 1.54) is 19.1 Å². The number of ketones is 1. The van der Waals surface area contributed by atoms with Crippen molar-refractivity contribution in [2.45, 2.75) is 58.7 Å². The van der Waals surface area contributed by atoms with Crippen LogP contribution in [0.15, 0.2) is 36.4 Å². The van der Waals surface area contributed by atoms with E-state index in [0.29, 0.717) is 30.7 Å². The van der Waals surface area contributed by atoms with Crippen LogP contribution in [0.4, 0.5) is 0 Å². The number of aldehydes is 1. The van der Waals surface area contributed by atoms with E-state index in [0.717, 1.165) is 6.29 Å². The van der Waals surface area contributed by atoms with Gasteiger partial charge in [0.15, 0.2) is 11.2 Å². The second-order valence-corrected chi connectivity index (χ2v) is 12.2. The summed E-state index contributed by atoms with van der Waals surface area (Å²) in [5.74, 6) is -4.57. The van der Waals surface area contributed by atoms with Crippen LogP contribution in [0.2, 0.25) is 5.02 Å². The number of halogens is 1. The molecule has 1 aliphatic heterocycles. The molecule has 38 heavy (non-hydrogen) atoms. The van der Waals surface area contributed by atoms with Crippen molar-refractivity contribution in [3.63, 3.8) is 0 Å². The molecule has 5 rings (SSSR count). The monoisotopic (exact) mass is 542 g/mol. The number of hydrogen-bond donors (Lipinski definition) is 0. The highest BCUT2D eigenvalue weighted by atomic mass is 35.5. The third kappa shape index (κ3) is 3.52. The van der Waals surface area contributed by atoms with Gasteiger partial charge >= 0.3 is 17.9 Å². The fraction of sp³-hybridized carbons (Fsp3) is 0.552. The molecule has 0 aromatic heterocycles. The van der Waals surface area contributed by atoms with Gasteiger partial charge in [-0.1, -0.05) is 32.0 Å². The molecule has 9 heteroatoms. The quantitative estimate of drug-likeness (QED) is 0.183. The van der Waals surface area contributed by atoms with Gasteiger partial charge in [0.25, 0.3) is 0 Å². The maximum atomic E-state index is 14.0. The first-order valence-corrected chi connectivity index (χ1v) is 13.3. The number of carbonyl (C=O) groups excluding carboxylic acids is 5. The normalized spacial score (nSPS) is 37.3. The Morgan fingerprint density at radius 2 is 1.79 bits per heavy atom. The van der Waals surface area contributed by atoms with Gasteiger partial charge in [0.2, 0.25) is 0 Å². The molecule has 202 valence electrons. The molecule has 0 N–H and O–H groups in total. The Morgan fingerprint density at radius 3 is 2.42 bits per heavy atom. The van der Waals surface area contributed by atoms with Crippen LogP contribution >= 0.6 is 11.6 Å². The van der Waals surface area contributed by atoms with Gasteiger partial charge in [-0.15, -0.1) is 0 Å². The highest BCUT2D eigenvalue weighted by molar-refractivity contribution is 6.30. The van der Waals surface area contributed by atoms with Crippen LogP contribution in [0.1, 0.15) is 56.8 Å². The molecule has 1 heterocycles. The number of rotatable bonds is 4. The minimum Gasteiger partial charge on any atom is -0.464 e. The van der Waals surface area contributed by atoms with Crippen LogP contribution in [-0.2, 0) is 33.4 Å². The highest BCUT2D eigenvalue weighted by Gasteiger charge is 2.79. The van der Waals surface area contributed by atoms with Crippen molar-refractivity contribution in [1.29, 1.82) is 0 Å². The van der Waals surface area contributed by atoms with Crippen LogP contribution in [0.3, 0.4) is 0 Å². The van der Waals surface area contributed by atoms with E-state index in [1.54, 1.807) is 12.1 Å². The van der Waals surface area contributed by atoms with Crippen molar-refractivity contribution in [3.05, 3.63) is 47.0 Å². The molecule has 0 amide bonds. The van der Waals surface area contributed by atoms with Crippen molar-refractivity contribution in [1.82, 2.24) is 0 Å². The van der Waals surface area contributed by atoms with Crippen molar-refractivity contribution in [2.75, 3.05) is 6.61 Å². The average Bonchev–Trinajstić information content (AvgIpc) is 2.97. The smallest absolute Gasteiger partial charge is 0.338 e. The first-order chi connectivity index (χ1) is 17.9. The summed E-state index contributed by atoms with van der Waals surface area (Å²) in [4.78, 5) is 66.0. The van der Waals surface area contributed by atoms with Crippen LogP contribution in [-0.4, -0.2) is 48.8 Å². The van der Waals surface area contributed by atoms with E-state index in [2.05, 4.69) is 6.58 Å². The summed E-state index contributed by atoms with van der Waals surface area (Å²) in [6.45, 7) is 9.02. The van der Waals surface area contributed by atoms with Crippen molar-refractivity contribution >= 4 is 41.6 Å². The van der Waals surface area contributed by atoms with E-state index in [9.17, 15) is 24.0 Å². The van der Waals surface area contributed by atoms with E-state index >= 15 is 0 Å². The van der Waals surface area contributed by atoms with E-state index in [1.807, 2.05) is 13.8 Å². The number of Topliss-reactive ketones (excluding diaryl/α,β-unsaturated/α-hetero) is 1. The number of carbonyl (C=O) groups is 5. The van der Waals surface area contributed by atoms with Gasteiger partial charge < -0.3 is 19.0 Å². The van der Waals surface area contributed by atoms with Gasteiger partial charge in [-0.05, 0) is 66.9 Å². The molecule has 1 aromatic rings. The Hall–Kier alpha value is -3.00. The lowest BCUT2D eigenvalue weighted by Crippen LogP contribution is -2.71. The Bertz CT molecular complexity index is 1240. The standard InChI is InChI=1S/C29H31ClO8/c1-15-19-9-10-20-28(21(13-31)27(3,4)12-11-22(28)37-16(2)32)14-36-26(35)29(20,23(15)33)24(19)38-25(34)17-5-7-18(30)8-6-17/h5-8,13,19-22,24H,1,9-12,14H2,2-4H3/t19-,20-,21+,22-,24+,28-,29-/m0/s1. The molecule has 3 saturated carbocycles. The summed E-state index contributed by atoms with van der Waals surface area (Å²) in [7, 11) is 0. The molecular formula is C29H31ClO8. The molecule has 2 spiro atoms. The Morgan fingerprint density at radius 1 is 1.11 bits per heavy atom. The fourth-order valence-corrected chi connectivity index (χ4v) is 8.00. The molecule has 7 atom stereocenters. The number of ether oxygens (including phenoxy) is 3. The van der Waals surface area contributed by atoms with Gasteiger partial charge in [0, 0.05) is 23.8 Å². The molecule has 1 saturated heterocycles. The summed E-state index contributed by atoms with van der Waals surface area (Å²) < 4.78 is 17.6.